The molecule has 1 N–H and O–H groups in total. The monoisotopic (exact) mass is 423 g/mol. The Morgan fingerprint density at radius 3 is 2.40 bits per heavy atom. The van der Waals surface area contributed by atoms with E-state index < -0.39 is 11.6 Å². The average molecular weight is 424 g/mol. The van der Waals surface area contributed by atoms with Crippen molar-refractivity contribution in [2.75, 3.05) is 17.2 Å². The number of amides is 4. The summed E-state index contributed by atoms with van der Waals surface area (Å²) in [5, 5.41) is 2.80. The number of rotatable bonds is 5. The van der Waals surface area contributed by atoms with Gasteiger partial charge in [-0.25, -0.2) is 4.79 Å². The number of imide groups is 1. The maximum Gasteiger partial charge on any atom is 0.325 e. The van der Waals surface area contributed by atoms with E-state index in [0.29, 0.717) is 18.6 Å². The lowest BCUT2D eigenvalue weighted by atomic mass is 9.93. The molecule has 30 heavy (non-hydrogen) atoms. The molecule has 1 atom stereocenters. The summed E-state index contributed by atoms with van der Waals surface area (Å²) in [6.07, 6.45) is 0.989. The number of benzene rings is 2. The highest BCUT2D eigenvalue weighted by molar-refractivity contribution is 7.99. The molecule has 6 nitrogen and oxygen atoms in total. The van der Waals surface area contributed by atoms with Crippen molar-refractivity contribution in [3.05, 3.63) is 60.2 Å². The van der Waals surface area contributed by atoms with Crippen LogP contribution in [0.3, 0.4) is 0 Å². The summed E-state index contributed by atoms with van der Waals surface area (Å²) in [5.74, 6) is 0.130. The molecule has 2 aliphatic rings. The first kappa shape index (κ1) is 20.5. The molecule has 7 heteroatoms. The maximum atomic E-state index is 13.5. The SMILES string of the molecule is CCC1(CC)NC(=O)N(CC(=O)N2c3ccccc3SC[C@@H]2c2ccccc2)C1=O. The molecule has 0 spiro atoms. The Labute approximate surface area is 180 Å². The number of anilines is 1. The smallest absolute Gasteiger partial charge is 0.323 e. The number of hydrogen-bond acceptors (Lipinski definition) is 4. The highest BCUT2D eigenvalue weighted by Crippen LogP contribution is 2.43. The van der Waals surface area contributed by atoms with Crippen molar-refractivity contribution in [1.82, 2.24) is 10.2 Å². The van der Waals surface area contributed by atoms with Crippen LogP contribution in [-0.4, -0.2) is 40.6 Å². The van der Waals surface area contributed by atoms with Crippen LogP contribution in [0.4, 0.5) is 10.5 Å². The Bertz CT molecular complexity index is 975. The van der Waals surface area contributed by atoms with E-state index >= 15 is 0 Å². The Morgan fingerprint density at radius 2 is 1.73 bits per heavy atom. The van der Waals surface area contributed by atoms with Crippen LogP contribution in [0.25, 0.3) is 0 Å². The second-order valence-corrected chi connectivity index (χ2v) is 8.64. The van der Waals surface area contributed by atoms with E-state index in [9.17, 15) is 14.4 Å². The fraction of sp³-hybridized carbons (Fsp3) is 0.348. The van der Waals surface area contributed by atoms with Gasteiger partial charge in [-0.3, -0.25) is 14.5 Å². The van der Waals surface area contributed by atoms with Crippen LogP contribution < -0.4 is 10.2 Å². The molecule has 2 aromatic rings. The Kier molecular flexibility index (Phi) is 5.56. The molecule has 2 aromatic carbocycles. The second kappa shape index (κ2) is 8.14. The van der Waals surface area contributed by atoms with Crippen LogP contribution >= 0.6 is 11.8 Å². The first-order valence-electron chi connectivity index (χ1n) is 10.2. The molecule has 1 saturated heterocycles. The van der Waals surface area contributed by atoms with Crippen molar-refractivity contribution >= 4 is 35.3 Å². The van der Waals surface area contributed by atoms with Crippen LogP contribution in [0.15, 0.2) is 59.5 Å². The molecular weight excluding hydrogens is 398 g/mol. The van der Waals surface area contributed by atoms with Crippen molar-refractivity contribution in [2.24, 2.45) is 0 Å². The molecule has 156 valence electrons. The first-order chi connectivity index (χ1) is 14.5. The van der Waals surface area contributed by atoms with Crippen LogP contribution in [0.5, 0.6) is 0 Å². The van der Waals surface area contributed by atoms with E-state index in [1.165, 1.54) is 0 Å². The minimum atomic E-state index is -0.911. The number of carbonyl (C=O) groups excluding carboxylic acids is 3. The van der Waals surface area contributed by atoms with Gasteiger partial charge in [0.25, 0.3) is 5.91 Å². The molecule has 0 aromatic heterocycles. The third kappa shape index (κ3) is 3.37. The summed E-state index contributed by atoms with van der Waals surface area (Å²) < 4.78 is 0. The molecule has 0 radical (unpaired) electrons. The summed E-state index contributed by atoms with van der Waals surface area (Å²) in [4.78, 5) is 42.9. The summed E-state index contributed by atoms with van der Waals surface area (Å²) >= 11 is 1.71. The van der Waals surface area contributed by atoms with Gasteiger partial charge in [-0.05, 0) is 30.5 Å². The van der Waals surface area contributed by atoms with Crippen molar-refractivity contribution in [2.45, 2.75) is 43.2 Å². The summed E-state index contributed by atoms with van der Waals surface area (Å²) in [5.41, 5.74) is 0.935. The molecule has 4 amide bonds. The zero-order chi connectivity index (χ0) is 21.3. The van der Waals surface area contributed by atoms with Crippen LogP contribution in [0.1, 0.15) is 38.3 Å². The van der Waals surface area contributed by atoms with Crippen LogP contribution in [0.2, 0.25) is 0 Å². The van der Waals surface area contributed by atoms with E-state index in [1.54, 1.807) is 16.7 Å². The van der Waals surface area contributed by atoms with Crippen molar-refractivity contribution in [3.63, 3.8) is 0 Å². The van der Waals surface area contributed by atoms with Gasteiger partial charge in [-0.1, -0.05) is 56.3 Å². The number of urea groups is 1. The third-order valence-corrected chi connectivity index (χ3v) is 7.17. The lowest BCUT2D eigenvalue weighted by Crippen LogP contribution is -2.48. The number of nitrogens with one attached hydrogen (secondary N) is 1. The minimum absolute atomic E-state index is 0.165. The summed E-state index contributed by atoms with van der Waals surface area (Å²) in [6, 6.07) is 17.0. The van der Waals surface area contributed by atoms with Gasteiger partial charge in [0, 0.05) is 10.6 Å². The lowest BCUT2D eigenvalue weighted by molar-refractivity contribution is -0.134. The number of para-hydroxylation sites is 1. The molecule has 0 unspecified atom stereocenters. The average Bonchev–Trinajstić information content (AvgIpc) is 3.03. The van der Waals surface area contributed by atoms with E-state index in [0.717, 1.165) is 21.0 Å². The van der Waals surface area contributed by atoms with E-state index in [2.05, 4.69) is 5.32 Å². The van der Waals surface area contributed by atoms with Gasteiger partial charge in [0.05, 0.1) is 11.7 Å². The van der Waals surface area contributed by atoms with Crippen LogP contribution in [-0.2, 0) is 9.59 Å². The minimum Gasteiger partial charge on any atom is -0.323 e. The number of nitrogens with zero attached hydrogens (tertiary/aromatic N) is 2. The summed E-state index contributed by atoms with van der Waals surface area (Å²) in [6.45, 7) is 3.47. The van der Waals surface area contributed by atoms with Gasteiger partial charge in [-0.2, -0.15) is 0 Å². The Hall–Kier alpha value is -2.80. The zero-order valence-electron chi connectivity index (χ0n) is 17.1. The van der Waals surface area contributed by atoms with Gasteiger partial charge in [0.2, 0.25) is 5.91 Å². The largest absolute Gasteiger partial charge is 0.325 e. The maximum absolute atomic E-state index is 13.5. The van der Waals surface area contributed by atoms with Gasteiger partial charge in [0.1, 0.15) is 12.1 Å². The fourth-order valence-corrected chi connectivity index (χ4v) is 5.35. The van der Waals surface area contributed by atoms with Crippen molar-refractivity contribution < 1.29 is 14.4 Å². The molecule has 1 fully saturated rings. The molecule has 2 heterocycles. The molecule has 0 bridgehead atoms. The van der Waals surface area contributed by atoms with E-state index in [-0.39, 0.29) is 24.4 Å². The standard InChI is InChI=1S/C23H25N3O3S/c1-3-23(4-2)21(28)25(22(29)24-23)14-20(27)26-17-12-8-9-13-19(17)30-15-18(26)16-10-6-5-7-11-16/h5-13,18H,3-4,14-15H2,1-2H3,(H,24,29)/t18-/m1/s1. The third-order valence-electron chi connectivity index (χ3n) is 6.03. The quantitative estimate of drug-likeness (QED) is 0.739. The van der Waals surface area contributed by atoms with E-state index in [1.807, 2.05) is 68.4 Å². The Morgan fingerprint density at radius 1 is 1.07 bits per heavy atom. The first-order valence-corrected chi connectivity index (χ1v) is 11.2. The number of hydrogen-bond donors (Lipinski definition) is 1. The molecule has 0 saturated carbocycles. The van der Waals surface area contributed by atoms with Gasteiger partial charge < -0.3 is 10.2 Å². The molecule has 2 aliphatic heterocycles. The molecule has 4 rings (SSSR count). The topological polar surface area (TPSA) is 69.7 Å². The molecular formula is C23H25N3O3S. The normalized spacial score (nSPS) is 20.1. The van der Waals surface area contributed by atoms with Crippen LogP contribution in [0, 0.1) is 0 Å². The number of carbonyl (C=O) groups is 3. The lowest BCUT2D eigenvalue weighted by Gasteiger charge is -2.37. The van der Waals surface area contributed by atoms with Gasteiger partial charge in [0.15, 0.2) is 0 Å². The van der Waals surface area contributed by atoms with Gasteiger partial charge >= 0.3 is 6.03 Å². The van der Waals surface area contributed by atoms with Gasteiger partial charge in [-0.15, -0.1) is 11.8 Å². The fourth-order valence-electron chi connectivity index (χ4n) is 4.18. The van der Waals surface area contributed by atoms with Crippen molar-refractivity contribution in [3.8, 4) is 0 Å². The molecule has 0 aliphatic carbocycles. The predicted octanol–water partition coefficient (Wildman–Crippen LogP) is 3.98. The zero-order valence-corrected chi connectivity index (χ0v) is 17.9. The number of fused-ring (bicyclic) bond motifs is 1. The van der Waals surface area contributed by atoms with E-state index in [4.69, 9.17) is 0 Å². The number of thioether (sulfide) groups is 1. The van der Waals surface area contributed by atoms with Crippen molar-refractivity contribution in [1.29, 1.82) is 0 Å². The highest BCUT2D eigenvalue weighted by Gasteiger charge is 2.49. The summed E-state index contributed by atoms with van der Waals surface area (Å²) in [7, 11) is 0. The predicted molar refractivity (Wildman–Crippen MR) is 117 cm³/mol. The second-order valence-electron chi connectivity index (χ2n) is 7.58. The Balaban J connectivity index is 1.67. The highest BCUT2D eigenvalue weighted by atomic mass is 32.2.